The average Bonchev–Trinajstić information content (AvgIpc) is 4.28. The first-order valence-corrected chi connectivity index (χ1v) is 25.6. The minimum absolute atomic E-state index is 0.263. The SMILES string of the molecule is Cc1ccc(N(c2ccc3c(c2)oc2cc4c(cc23)oc2cc3c(cc24)oc2cc(N(c4ccc(C)c(F)c4)c4cccc5c4C(C)(C)c4ccccc4-5)ccc23)c2cccc3c2C(C)(C)c2ccccc2-3)cc1F. The Hall–Kier alpha value is -8.94. The number of furan rings is 3. The molecule has 5 nitrogen and oxygen atoms in total. The van der Waals surface area contributed by atoms with Gasteiger partial charge in [0, 0.05) is 78.0 Å². The topological polar surface area (TPSA) is 45.9 Å². The van der Waals surface area contributed by atoms with Crippen molar-refractivity contribution in [1.82, 2.24) is 0 Å². The molecular formula is C68H48F2N2O3. The maximum atomic E-state index is 15.6. The highest BCUT2D eigenvalue weighted by molar-refractivity contribution is 6.19. The van der Waals surface area contributed by atoms with Crippen LogP contribution in [0.15, 0.2) is 195 Å². The largest absolute Gasteiger partial charge is 0.456 e. The van der Waals surface area contributed by atoms with E-state index in [2.05, 4.69) is 183 Å². The Bertz CT molecular complexity index is 4340. The number of hydrogen-bond donors (Lipinski definition) is 0. The van der Waals surface area contributed by atoms with Gasteiger partial charge in [0.25, 0.3) is 0 Å². The van der Waals surface area contributed by atoms with Gasteiger partial charge in [-0.2, -0.15) is 0 Å². The Labute approximate surface area is 431 Å². The standard InChI is InChI=1S/C68H48F2N2O3/c1-37-21-23-39(29-55(37)69)71(57-19-11-15-47-43-13-7-9-17-53(43)67(3,4)65(47)57)41-25-27-45-49-33-63-51(35-61(49)73-59(45)31-41)52-36-62-50(34-64(52)75-63)46-28-26-42(32-60(46)74-62)72(40-24-22-38(2)56(70)30-40)58-20-12-16-48-44-14-8-10-18-54(44)68(5,6)66(48)58/h7-36H,1-6H3. The Morgan fingerprint density at radius 1 is 0.333 bits per heavy atom. The lowest BCUT2D eigenvalue weighted by Gasteiger charge is -2.32. The quantitative estimate of drug-likeness (QED) is 0.166. The van der Waals surface area contributed by atoms with E-state index in [1.807, 2.05) is 24.3 Å². The summed E-state index contributed by atoms with van der Waals surface area (Å²) in [5, 5.41) is 5.58. The lowest BCUT2D eigenvalue weighted by molar-refractivity contribution is 0.618. The number of benzene rings is 10. The predicted molar refractivity (Wildman–Crippen MR) is 302 cm³/mol. The highest BCUT2D eigenvalue weighted by Crippen LogP contribution is 2.56. The van der Waals surface area contributed by atoms with Gasteiger partial charge in [-0.05, 0) is 154 Å². The van der Waals surface area contributed by atoms with Crippen molar-refractivity contribution in [3.63, 3.8) is 0 Å². The van der Waals surface area contributed by atoms with Gasteiger partial charge < -0.3 is 23.1 Å². The molecule has 7 heteroatoms. The third-order valence-corrected chi connectivity index (χ3v) is 16.6. The van der Waals surface area contributed by atoms with Crippen LogP contribution < -0.4 is 9.80 Å². The molecule has 0 saturated carbocycles. The lowest BCUT2D eigenvalue weighted by atomic mass is 9.81. The molecular weight excluding hydrogens is 931 g/mol. The van der Waals surface area contributed by atoms with Crippen molar-refractivity contribution < 1.29 is 22.0 Å². The van der Waals surface area contributed by atoms with E-state index in [1.54, 1.807) is 26.0 Å². The van der Waals surface area contributed by atoms with E-state index >= 15 is 8.78 Å². The minimum Gasteiger partial charge on any atom is -0.456 e. The van der Waals surface area contributed by atoms with Crippen LogP contribution in [-0.4, -0.2) is 0 Å². The molecule has 0 amide bonds. The van der Waals surface area contributed by atoms with Crippen molar-refractivity contribution in [2.75, 3.05) is 9.80 Å². The molecule has 75 heavy (non-hydrogen) atoms. The van der Waals surface area contributed by atoms with Crippen LogP contribution in [0.25, 0.3) is 88.1 Å². The number of anilines is 6. The number of aryl methyl sites for hydroxylation is 2. The summed E-state index contributed by atoms with van der Waals surface area (Å²) >= 11 is 0. The Morgan fingerprint density at radius 2 is 0.667 bits per heavy atom. The van der Waals surface area contributed by atoms with Gasteiger partial charge in [0.15, 0.2) is 0 Å². The molecule has 15 rings (SSSR count). The first-order valence-electron chi connectivity index (χ1n) is 25.6. The molecule has 0 radical (unpaired) electrons. The molecule has 0 bridgehead atoms. The zero-order valence-corrected chi connectivity index (χ0v) is 42.2. The predicted octanol–water partition coefficient (Wildman–Crippen LogP) is 19.8. The molecule has 10 aromatic carbocycles. The minimum atomic E-state index is -0.305. The fraction of sp³-hybridized carbons (Fsp3) is 0.118. The van der Waals surface area contributed by atoms with Crippen LogP contribution in [0.3, 0.4) is 0 Å². The number of rotatable bonds is 6. The monoisotopic (exact) mass is 978 g/mol. The van der Waals surface area contributed by atoms with Gasteiger partial charge in [0.05, 0.1) is 11.4 Å². The molecule has 0 unspecified atom stereocenters. The summed E-state index contributed by atoms with van der Waals surface area (Å²) < 4.78 is 51.4. The molecule has 3 heterocycles. The average molecular weight is 979 g/mol. The Morgan fingerprint density at radius 3 is 1.07 bits per heavy atom. The summed E-state index contributed by atoms with van der Waals surface area (Å²) in [4.78, 5) is 4.32. The summed E-state index contributed by atoms with van der Waals surface area (Å²) in [5.41, 5.74) is 19.7. The third-order valence-electron chi connectivity index (χ3n) is 16.6. The maximum Gasteiger partial charge on any atom is 0.137 e. The van der Waals surface area contributed by atoms with Crippen LogP contribution in [0.2, 0.25) is 0 Å². The van der Waals surface area contributed by atoms with Crippen LogP contribution in [-0.2, 0) is 10.8 Å². The van der Waals surface area contributed by atoms with Gasteiger partial charge in [0.2, 0.25) is 0 Å². The van der Waals surface area contributed by atoms with Crippen molar-refractivity contribution >= 4 is 99.9 Å². The maximum absolute atomic E-state index is 15.6. The van der Waals surface area contributed by atoms with E-state index < -0.39 is 0 Å². The highest BCUT2D eigenvalue weighted by atomic mass is 19.1. The second-order valence-corrected chi connectivity index (χ2v) is 21.6. The van der Waals surface area contributed by atoms with Gasteiger partial charge >= 0.3 is 0 Å². The van der Waals surface area contributed by atoms with E-state index in [1.165, 1.54) is 44.5 Å². The summed E-state index contributed by atoms with van der Waals surface area (Å²) in [6.07, 6.45) is 0. The molecule has 3 aromatic heterocycles. The van der Waals surface area contributed by atoms with Crippen molar-refractivity contribution in [3.05, 3.63) is 227 Å². The summed E-state index contributed by atoms with van der Waals surface area (Å²) in [7, 11) is 0. The zero-order chi connectivity index (χ0) is 50.8. The molecule has 13 aromatic rings. The van der Waals surface area contributed by atoms with Gasteiger partial charge in [-0.1, -0.05) is 113 Å². The number of halogens is 2. The summed E-state index contributed by atoms with van der Waals surface area (Å²) in [6, 6.07) is 61.8. The normalized spacial score (nSPS) is 14.1. The van der Waals surface area contributed by atoms with Crippen LogP contribution in [0.5, 0.6) is 0 Å². The zero-order valence-electron chi connectivity index (χ0n) is 42.2. The molecule has 0 saturated heterocycles. The van der Waals surface area contributed by atoms with Crippen LogP contribution >= 0.6 is 0 Å². The first kappa shape index (κ1) is 43.6. The van der Waals surface area contributed by atoms with Gasteiger partial charge in [-0.25, -0.2) is 8.78 Å². The van der Waals surface area contributed by atoms with E-state index in [4.69, 9.17) is 13.3 Å². The molecule has 362 valence electrons. The molecule has 0 aliphatic heterocycles. The van der Waals surface area contributed by atoms with Gasteiger partial charge in [0.1, 0.15) is 45.1 Å². The fourth-order valence-electron chi connectivity index (χ4n) is 12.9. The second-order valence-electron chi connectivity index (χ2n) is 21.6. The fourth-order valence-corrected chi connectivity index (χ4v) is 12.9. The van der Waals surface area contributed by atoms with E-state index in [9.17, 15) is 0 Å². The van der Waals surface area contributed by atoms with Crippen molar-refractivity contribution in [2.45, 2.75) is 52.4 Å². The van der Waals surface area contributed by atoms with Crippen molar-refractivity contribution in [1.29, 1.82) is 0 Å². The molecule has 2 aliphatic rings. The van der Waals surface area contributed by atoms with Crippen molar-refractivity contribution in [2.24, 2.45) is 0 Å². The van der Waals surface area contributed by atoms with Crippen molar-refractivity contribution in [3.8, 4) is 22.3 Å². The molecule has 0 atom stereocenters. The molecule has 2 aliphatic carbocycles. The lowest BCUT2D eigenvalue weighted by Crippen LogP contribution is -2.20. The van der Waals surface area contributed by atoms with Gasteiger partial charge in [-0.3, -0.25) is 0 Å². The Balaban J connectivity index is 0.845. The van der Waals surface area contributed by atoms with Crippen LogP contribution in [0.4, 0.5) is 42.9 Å². The number of nitrogens with zero attached hydrogens (tertiary/aromatic N) is 2. The Kier molecular flexibility index (Phi) is 8.90. The molecule has 0 N–H and O–H groups in total. The van der Waals surface area contributed by atoms with Gasteiger partial charge in [-0.15, -0.1) is 0 Å². The number of hydrogen-bond acceptors (Lipinski definition) is 5. The van der Waals surface area contributed by atoms with Crippen LogP contribution in [0.1, 0.15) is 61.1 Å². The van der Waals surface area contributed by atoms with E-state index in [0.29, 0.717) is 22.3 Å². The van der Waals surface area contributed by atoms with Crippen LogP contribution in [0, 0.1) is 25.5 Å². The second kappa shape index (κ2) is 15.3. The van der Waals surface area contributed by atoms with E-state index in [0.717, 1.165) is 88.8 Å². The molecule has 0 spiro atoms. The smallest absolute Gasteiger partial charge is 0.137 e. The number of fused-ring (bicyclic) bond motifs is 15. The molecule has 0 fully saturated rings. The highest BCUT2D eigenvalue weighted by Gasteiger charge is 2.40. The third kappa shape index (κ3) is 6.15. The first-order chi connectivity index (χ1) is 36.3. The summed E-state index contributed by atoms with van der Waals surface area (Å²) in [5.74, 6) is -0.525. The summed E-state index contributed by atoms with van der Waals surface area (Å²) in [6.45, 7) is 12.7. The van der Waals surface area contributed by atoms with E-state index in [-0.39, 0.29) is 22.5 Å².